The minimum Gasteiger partial charge on any atom is -0.483 e. The molecular weight excluding hydrogens is 304 g/mol. The van der Waals surface area contributed by atoms with Crippen LogP contribution < -0.4 is 9.64 Å². The van der Waals surface area contributed by atoms with Crippen LogP contribution in [0.3, 0.4) is 0 Å². The fourth-order valence-electron chi connectivity index (χ4n) is 2.26. The summed E-state index contributed by atoms with van der Waals surface area (Å²) in [6.45, 7) is 3.07. The number of rotatable bonds is 5. The molecule has 118 valence electrons. The highest BCUT2D eigenvalue weighted by Crippen LogP contribution is 2.23. The summed E-state index contributed by atoms with van der Waals surface area (Å²) in [6.07, 6.45) is 5.03. The molecule has 0 saturated carbocycles. The van der Waals surface area contributed by atoms with Gasteiger partial charge in [-0.3, -0.25) is 4.68 Å². The van der Waals surface area contributed by atoms with Crippen molar-refractivity contribution in [1.29, 1.82) is 0 Å². The van der Waals surface area contributed by atoms with Crippen LogP contribution in [-0.4, -0.2) is 48.1 Å². The standard InChI is InChI=1S/C14H18N4O3S/c1-3-22(19,20)13-4-5-14(15-7-13)18-9-12(10-18)21-11-6-16-17(2)8-11/h4-8,12H,3,9-10H2,1-2H3. The zero-order valence-corrected chi connectivity index (χ0v) is 13.3. The Hall–Kier alpha value is -2.09. The fourth-order valence-corrected chi connectivity index (χ4v) is 3.08. The predicted octanol–water partition coefficient (Wildman–Crippen LogP) is 0.876. The maximum Gasteiger partial charge on any atom is 0.179 e. The van der Waals surface area contributed by atoms with Crippen molar-refractivity contribution in [2.75, 3.05) is 23.7 Å². The zero-order chi connectivity index (χ0) is 15.7. The van der Waals surface area contributed by atoms with Gasteiger partial charge in [-0.1, -0.05) is 6.92 Å². The van der Waals surface area contributed by atoms with Crippen LogP contribution in [0.1, 0.15) is 6.92 Å². The first-order chi connectivity index (χ1) is 10.5. The molecule has 0 spiro atoms. The topological polar surface area (TPSA) is 77.3 Å². The smallest absolute Gasteiger partial charge is 0.179 e. The van der Waals surface area contributed by atoms with Crippen LogP contribution in [0.5, 0.6) is 5.75 Å². The minimum absolute atomic E-state index is 0.0821. The molecule has 2 aromatic heterocycles. The summed E-state index contributed by atoms with van der Waals surface area (Å²) in [5, 5.41) is 4.05. The van der Waals surface area contributed by atoms with Crippen LogP contribution >= 0.6 is 0 Å². The molecule has 2 aromatic rings. The summed E-state index contributed by atoms with van der Waals surface area (Å²) in [6, 6.07) is 3.35. The lowest BCUT2D eigenvalue weighted by molar-refractivity contribution is 0.166. The van der Waals surface area contributed by atoms with Crippen molar-refractivity contribution in [3.63, 3.8) is 0 Å². The van der Waals surface area contributed by atoms with Gasteiger partial charge in [0.15, 0.2) is 15.6 Å². The first-order valence-electron chi connectivity index (χ1n) is 7.07. The van der Waals surface area contributed by atoms with Gasteiger partial charge in [0.2, 0.25) is 0 Å². The third-order valence-electron chi connectivity index (χ3n) is 3.62. The van der Waals surface area contributed by atoms with Crippen LogP contribution in [0, 0.1) is 0 Å². The molecule has 0 bridgehead atoms. The van der Waals surface area contributed by atoms with Crippen molar-refractivity contribution in [3.05, 3.63) is 30.7 Å². The van der Waals surface area contributed by atoms with E-state index < -0.39 is 9.84 Å². The van der Waals surface area contributed by atoms with Gasteiger partial charge >= 0.3 is 0 Å². The number of anilines is 1. The normalized spacial score (nSPS) is 15.6. The highest BCUT2D eigenvalue weighted by molar-refractivity contribution is 7.91. The van der Waals surface area contributed by atoms with Crippen LogP contribution in [-0.2, 0) is 16.9 Å². The first-order valence-corrected chi connectivity index (χ1v) is 8.72. The molecule has 0 N–H and O–H groups in total. The van der Waals surface area contributed by atoms with Gasteiger partial charge in [-0.05, 0) is 12.1 Å². The second kappa shape index (κ2) is 5.60. The fraction of sp³-hybridized carbons (Fsp3) is 0.429. The first kappa shape index (κ1) is 14.8. The van der Waals surface area contributed by atoms with Gasteiger partial charge in [-0.2, -0.15) is 5.10 Å². The van der Waals surface area contributed by atoms with E-state index in [1.807, 2.05) is 18.1 Å². The average Bonchev–Trinajstić information content (AvgIpc) is 2.88. The van der Waals surface area contributed by atoms with Crippen LogP contribution in [0.4, 0.5) is 5.82 Å². The molecule has 0 unspecified atom stereocenters. The Morgan fingerprint density at radius 2 is 2.09 bits per heavy atom. The van der Waals surface area contributed by atoms with Gasteiger partial charge in [0.25, 0.3) is 0 Å². The average molecular weight is 322 g/mol. The van der Waals surface area contributed by atoms with Gasteiger partial charge in [0.1, 0.15) is 11.9 Å². The molecule has 0 aliphatic carbocycles. The summed E-state index contributed by atoms with van der Waals surface area (Å²) >= 11 is 0. The lowest BCUT2D eigenvalue weighted by Gasteiger charge is -2.39. The van der Waals surface area contributed by atoms with Crippen LogP contribution in [0.2, 0.25) is 0 Å². The largest absolute Gasteiger partial charge is 0.483 e. The number of hydrogen-bond acceptors (Lipinski definition) is 6. The molecule has 1 saturated heterocycles. The monoisotopic (exact) mass is 322 g/mol. The van der Waals surface area contributed by atoms with Crippen molar-refractivity contribution >= 4 is 15.7 Å². The molecule has 0 amide bonds. The van der Waals surface area contributed by atoms with E-state index in [0.29, 0.717) is 0 Å². The lowest BCUT2D eigenvalue weighted by atomic mass is 10.1. The Kier molecular flexibility index (Phi) is 3.78. The van der Waals surface area contributed by atoms with Crippen molar-refractivity contribution in [2.24, 2.45) is 7.05 Å². The SMILES string of the molecule is CCS(=O)(=O)c1ccc(N2CC(Oc3cnn(C)c3)C2)nc1. The Balaban J connectivity index is 1.59. The highest BCUT2D eigenvalue weighted by Gasteiger charge is 2.30. The quantitative estimate of drug-likeness (QED) is 0.813. The van der Waals surface area contributed by atoms with Crippen molar-refractivity contribution in [3.8, 4) is 5.75 Å². The molecular formula is C14H18N4O3S. The molecule has 0 atom stereocenters. The van der Waals surface area contributed by atoms with Crippen LogP contribution in [0.25, 0.3) is 0 Å². The second-order valence-electron chi connectivity index (χ2n) is 5.25. The summed E-state index contributed by atoms with van der Waals surface area (Å²) in [7, 11) is -1.35. The number of ether oxygens (including phenoxy) is 1. The van der Waals surface area contributed by atoms with Crippen LogP contribution in [0.15, 0.2) is 35.6 Å². The van der Waals surface area contributed by atoms with E-state index >= 15 is 0 Å². The molecule has 3 heterocycles. The van der Waals surface area contributed by atoms with E-state index in [9.17, 15) is 8.42 Å². The van der Waals surface area contributed by atoms with Crippen molar-refractivity contribution in [2.45, 2.75) is 17.9 Å². The van der Waals surface area contributed by atoms with E-state index in [1.54, 1.807) is 29.9 Å². The van der Waals surface area contributed by atoms with E-state index in [1.165, 1.54) is 6.20 Å². The molecule has 1 aliphatic rings. The minimum atomic E-state index is -3.19. The molecule has 0 aromatic carbocycles. The van der Waals surface area contributed by atoms with Crippen molar-refractivity contribution < 1.29 is 13.2 Å². The maximum absolute atomic E-state index is 11.7. The second-order valence-corrected chi connectivity index (χ2v) is 7.53. The molecule has 0 radical (unpaired) electrons. The van der Waals surface area contributed by atoms with Gasteiger partial charge in [-0.15, -0.1) is 0 Å². The lowest BCUT2D eigenvalue weighted by Crippen LogP contribution is -2.54. The van der Waals surface area contributed by atoms with E-state index in [4.69, 9.17) is 4.74 Å². The molecule has 22 heavy (non-hydrogen) atoms. The summed E-state index contributed by atoms with van der Waals surface area (Å²) in [4.78, 5) is 6.55. The number of nitrogens with zero attached hydrogens (tertiary/aromatic N) is 4. The van der Waals surface area contributed by atoms with E-state index in [-0.39, 0.29) is 16.8 Å². The number of aromatic nitrogens is 3. The third kappa shape index (κ3) is 2.92. The Labute approximate surface area is 129 Å². The molecule has 3 rings (SSSR count). The van der Waals surface area contributed by atoms with Crippen molar-refractivity contribution in [1.82, 2.24) is 14.8 Å². The number of pyridine rings is 1. The molecule has 8 heteroatoms. The molecule has 1 fully saturated rings. The molecule has 7 nitrogen and oxygen atoms in total. The van der Waals surface area contributed by atoms with Gasteiger partial charge < -0.3 is 9.64 Å². The summed E-state index contributed by atoms with van der Waals surface area (Å²) < 4.78 is 30.9. The predicted molar refractivity (Wildman–Crippen MR) is 81.8 cm³/mol. The van der Waals surface area contributed by atoms with Gasteiger partial charge in [0, 0.05) is 13.2 Å². The molecule has 1 aliphatic heterocycles. The van der Waals surface area contributed by atoms with Gasteiger partial charge in [0.05, 0.1) is 36.1 Å². The van der Waals surface area contributed by atoms with E-state index in [0.717, 1.165) is 24.7 Å². The summed E-state index contributed by atoms with van der Waals surface area (Å²) in [5.41, 5.74) is 0. The highest BCUT2D eigenvalue weighted by atomic mass is 32.2. The number of sulfone groups is 1. The summed E-state index contributed by atoms with van der Waals surface area (Å²) in [5.74, 6) is 1.60. The maximum atomic E-state index is 11.7. The number of aryl methyl sites for hydroxylation is 1. The Bertz CT molecular complexity index is 749. The number of hydrogen-bond donors (Lipinski definition) is 0. The van der Waals surface area contributed by atoms with E-state index in [2.05, 4.69) is 10.1 Å². The Morgan fingerprint density at radius 1 is 1.32 bits per heavy atom. The Morgan fingerprint density at radius 3 is 2.64 bits per heavy atom. The zero-order valence-electron chi connectivity index (χ0n) is 12.5. The van der Waals surface area contributed by atoms with Gasteiger partial charge in [-0.25, -0.2) is 13.4 Å². The third-order valence-corrected chi connectivity index (χ3v) is 5.34.